The van der Waals surface area contributed by atoms with E-state index in [2.05, 4.69) is 15.9 Å². The fourth-order valence-electron chi connectivity index (χ4n) is 5.60. The van der Waals surface area contributed by atoms with Gasteiger partial charge >= 0.3 is 0 Å². The van der Waals surface area contributed by atoms with Crippen LogP contribution in [0.2, 0.25) is 0 Å². The summed E-state index contributed by atoms with van der Waals surface area (Å²) >= 11 is 3.42. The third-order valence-corrected chi connectivity index (χ3v) is 8.35. The molecule has 1 heterocycles. The van der Waals surface area contributed by atoms with E-state index in [-0.39, 0.29) is 11.6 Å². The lowest BCUT2D eigenvalue weighted by Crippen LogP contribution is -2.40. The molecule has 212 valence electrons. The first-order valence-electron chi connectivity index (χ1n) is 13.9. The van der Waals surface area contributed by atoms with E-state index >= 15 is 0 Å². The van der Waals surface area contributed by atoms with Gasteiger partial charge in [0.1, 0.15) is 11.5 Å². The molecule has 0 saturated heterocycles. The Labute approximate surface area is 258 Å². The Morgan fingerprint density at radius 2 is 1.19 bits per heavy atom. The summed E-state index contributed by atoms with van der Waals surface area (Å²) in [6.07, 6.45) is -1.08. The van der Waals surface area contributed by atoms with Gasteiger partial charge in [-0.2, -0.15) is 0 Å². The van der Waals surface area contributed by atoms with E-state index < -0.39 is 23.7 Å². The number of para-hydroxylation sites is 1. The van der Waals surface area contributed by atoms with Gasteiger partial charge < -0.3 is 9.47 Å². The van der Waals surface area contributed by atoms with Gasteiger partial charge in [-0.05, 0) is 53.6 Å². The van der Waals surface area contributed by atoms with Crippen LogP contribution < -0.4 is 9.47 Å². The van der Waals surface area contributed by atoms with Gasteiger partial charge in [0.25, 0.3) is 0 Å². The van der Waals surface area contributed by atoms with E-state index in [9.17, 15) is 14.4 Å². The molecule has 1 aliphatic rings. The molecule has 0 bridgehead atoms. The first kappa shape index (κ1) is 28.3. The fraction of sp³-hybridized carbons (Fsp3) is 0.108. The molecule has 0 saturated carbocycles. The zero-order valence-corrected chi connectivity index (χ0v) is 24.9. The quantitative estimate of drug-likeness (QED) is 0.121. The standard InChI is InChI=1S/C37H27BrO5/c1-42-29-21-17-26(18-22-29)35(40)33(34(39)25-15-19-28(38)20-16-25)32-30-9-5-6-10-31(30)43-37(32)36(41)27-13-11-24(12-14-27)23-7-3-2-4-8-23/h2-22,32-33,37H,1H3. The van der Waals surface area contributed by atoms with E-state index in [1.807, 2.05) is 60.7 Å². The van der Waals surface area contributed by atoms with Crippen molar-refractivity contribution in [3.63, 3.8) is 0 Å². The molecule has 0 radical (unpaired) electrons. The number of hydrogen-bond acceptors (Lipinski definition) is 5. The number of methoxy groups -OCH3 is 1. The zero-order chi connectivity index (χ0) is 29.9. The van der Waals surface area contributed by atoms with E-state index in [1.165, 1.54) is 0 Å². The average Bonchev–Trinajstić information content (AvgIpc) is 3.44. The van der Waals surface area contributed by atoms with Crippen LogP contribution in [0.3, 0.4) is 0 Å². The molecule has 0 N–H and O–H groups in total. The minimum atomic E-state index is -1.21. The minimum Gasteiger partial charge on any atom is -0.497 e. The van der Waals surface area contributed by atoms with Gasteiger partial charge in [0.2, 0.25) is 5.78 Å². The molecule has 5 aromatic rings. The van der Waals surface area contributed by atoms with Crippen molar-refractivity contribution in [1.82, 2.24) is 0 Å². The molecule has 0 fully saturated rings. The predicted molar refractivity (Wildman–Crippen MR) is 169 cm³/mol. The van der Waals surface area contributed by atoms with E-state index in [1.54, 1.807) is 73.8 Å². The normalized spacial score (nSPS) is 16.0. The van der Waals surface area contributed by atoms with Gasteiger partial charge in [0.15, 0.2) is 17.7 Å². The summed E-state index contributed by atoms with van der Waals surface area (Å²) in [5.74, 6) is -2.04. The van der Waals surface area contributed by atoms with Gasteiger partial charge in [0.05, 0.1) is 13.0 Å². The average molecular weight is 632 g/mol. The zero-order valence-electron chi connectivity index (χ0n) is 23.3. The van der Waals surface area contributed by atoms with Crippen LogP contribution >= 0.6 is 15.9 Å². The highest BCUT2D eigenvalue weighted by atomic mass is 79.9. The second-order valence-electron chi connectivity index (χ2n) is 10.4. The smallest absolute Gasteiger partial charge is 0.203 e. The largest absolute Gasteiger partial charge is 0.497 e. The third kappa shape index (κ3) is 5.66. The van der Waals surface area contributed by atoms with Crippen molar-refractivity contribution in [1.29, 1.82) is 0 Å². The van der Waals surface area contributed by atoms with Crippen LogP contribution in [0.25, 0.3) is 11.1 Å². The van der Waals surface area contributed by atoms with Crippen molar-refractivity contribution in [2.45, 2.75) is 12.0 Å². The van der Waals surface area contributed by atoms with Crippen LogP contribution in [0.4, 0.5) is 0 Å². The Balaban J connectivity index is 1.43. The van der Waals surface area contributed by atoms with Gasteiger partial charge in [-0.1, -0.05) is 101 Å². The Hall–Kier alpha value is -4.81. The first-order chi connectivity index (χ1) is 20.9. The predicted octanol–water partition coefficient (Wildman–Crippen LogP) is 8.23. The number of carbonyl (C=O) groups excluding carboxylic acids is 3. The second-order valence-corrected chi connectivity index (χ2v) is 11.3. The molecule has 1 aliphatic heterocycles. The lowest BCUT2D eigenvalue weighted by Gasteiger charge is -2.26. The molecular weight excluding hydrogens is 604 g/mol. The fourth-order valence-corrected chi connectivity index (χ4v) is 5.87. The molecule has 0 spiro atoms. The summed E-state index contributed by atoms with van der Waals surface area (Å²) in [4.78, 5) is 42.7. The number of Topliss-reactive ketones (excluding diaryl/α,β-unsaturated/α-hetero) is 3. The molecule has 3 atom stereocenters. The first-order valence-corrected chi connectivity index (χ1v) is 14.7. The van der Waals surface area contributed by atoms with Crippen LogP contribution in [0, 0.1) is 5.92 Å². The maximum absolute atomic E-state index is 14.3. The van der Waals surface area contributed by atoms with Crippen LogP contribution in [0.1, 0.15) is 42.6 Å². The number of halogens is 1. The van der Waals surface area contributed by atoms with Crippen LogP contribution in [0.15, 0.2) is 132 Å². The highest BCUT2D eigenvalue weighted by Gasteiger charge is 2.49. The van der Waals surface area contributed by atoms with Gasteiger partial charge in [-0.15, -0.1) is 0 Å². The Kier molecular flexibility index (Phi) is 8.03. The molecule has 5 aromatic carbocycles. The molecule has 0 amide bonds. The van der Waals surface area contributed by atoms with E-state index in [4.69, 9.17) is 9.47 Å². The lowest BCUT2D eigenvalue weighted by atomic mass is 9.73. The number of fused-ring (bicyclic) bond motifs is 1. The molecule has 43 heavy (non-hydrogen) atoms. The van der Waals surface area contributed by atoms with Gasteiger partial charge in [-0.25, -0.2) is 0 Å². The number of ketones is 3. The minimum absolute atomic E-state index is 0.294. The number of hydrogen-bond donors (Lipinski definition) is 0. The van der Waals surface area contributed by atoms with Crippen molar-refractivity contribution < 1.29 is 23.9 Å². The summed E-state index contributed by atoms with van der Waals surface area (Å²) in [6.45, 7) is 0. The summed E-state index contributed by atoms with van der Waals surface area (Å²) in [7, 11) is 1.55. The molecule has 6 rings (SSSR count). The molecule has 0 aromatic heterocycles. The second kappa shape index (κ2) is 12.2. The molecule has 6 heteroatoms. The Morgan fingerprint density at radius 1 is 0.651 bits per heavy atom. The van der Waals surface area contributed by atoms with Crippen molar-refractivity contribution in [3.8, 4) is 22.6 Å². The van der Waals surface area contributed by atoms with Crippen molar-refractivity contribution in [2.24, 2.45) is 5.92 Å². The monoisotopic (exact) mass is 630 g/mol. The highest BCUT2D eigenvalue weighted by Crippen LogP contribution is 2.46. The molecular formula is C37H27BrO5. The lowest BCUT2D eigenvalue weighted by molar-refractivity contribution is 0.0669. The molecule has 3 unspecified atom stereocenters. The van der Waals surface area contributed by atoms with E-state index in [0.29, 0.717) is 33.8 Å². The van der Waals surface area contributed by atoms with Crippen molar-refractivity contribution in [3.05, 3.63) is 154 Å². The Morgan fingerprint density at radius 3 is 1.81 bits per heavy atom. The maximum Gasteiger partial charge on any atom is 0.203 e. The molecule has 0 aliphatic carbocycles. The van der Waals surface area contributed by atoms with Crippen molar-refractivity contribution >= 4 is 33.3 Å². The van der Waals surface area contributed by atoms with Gasteiger partial charge in [0, 0.05) is 32.6 Å². The van der Waals surface area contributed by atoms with Crippen LogP contribution in [-0.4, -0.2) is 30.6 Å². The van der Waals surface area contributed by atoms with Crippen LogP contribution in [0.5, 0.6) is 11.5 Å². The topological polar surface area (TPSA) is 69.7 Å². The maximum atomic E-state index is 14.3. The third-order valence-electron chi connectivity index (χ3n) is 7.82. The summed E-state index contributed by atoms with van der Waals surface area (Å²) in [5, 5.41) is 0. The van der Waals surface area contributed by atoms with Crippen LogP contribution in [-0.2, 0) is 0 Å². The Bertz CT molecular complexity index is 1780. The summed E-state index contributed by atoms with van der Waals surface area (Å²) in [6, 6.07) is 38.0. The number of rotatable bonds is 9. The van der Waals surface area contributed by atoms with Gasteiger partial charge in [-0.3, -0.25) is 14.4 Å². The number of ether oxygens (including phenoxy) is 2. The van der Waals surface area contributed by atoms with E-state index in [0.717, 1.165) is 15.6 Å². The highest BCUT2D eigenvalue weighted by molar-refractivity contribution is 9.10. The number of carbonyl (C=O) groups is 3. The number of benzene rings is 5. The summed E-state index contributed by atoms with van der Waals surface area (Å²) < 4.78 is 12.4. The summed E-state index contributed by atoms with van der Waals surface area (Å²) in [5.41, 5.74) is 3.82. The van der Waals surface area contributed by atoms with Crippen molar-refractivity contribution in [2.75, 3.05) is 7.11 Å². The molecule has 5 nitrogen and oxygen atoms in total. The SMILES string of the molecule is COc1ccc(C(=O)C(C(=O)c2ccc(Br)cc2)C2c3ccccc3OC2C(=O)c2ccc(-c3ccccc3)cc2)cc1.